The average molecular weight is 448 g/mol. The normalized spacial score (nSPS) is 23.6. The van der Waals surface area contributed by atoms with E-state index in [2.05, 4.69) is 16.0 Å². The molecule has 2 rings (SSSR count). The molecule has 0 aromatic heterocycles. The Bertz CT molecular complexity index is 511. The van der Waals surface area contributed by atoms with Crippen molar-refractivity contribution in [2.24, 2.45) is 0 Å². The minimum absolute atomic E-state index is 0.0465. The number of carbonyl (C=O) groups is 2. The maximum absolute atomic E-state index is 12.1. The van der Waals surface area contributed by atoms with Crippen molar-refractivity contribution >= 4 is 32.5 Å². The first-order chi connectivity index (χ1) is 14.0. The van der Waals surface area contributed by atoms with Gasteiger partial charge in [-0.25, -0.2) is 4.79 Å². The number of urea groups is 1. The SMILES string of the molecule is CCO[Si](CCCNC(=O)CCCCC1SCC2NC(=O)NC21)(OCC)OCC. The van der Waals surface area contributed by atoms with Gasteiger partial charge in [0.15, 0.2) is 0 Å². The molecule has 29 heavy (non-hydrogen) atoms. The molecular formula is C19H37N3O5SSi. The van der Waals surface area contributed by atoms with E-state index in [9.17, 15) is 9.59 Å². The van der Waals surface area contributed by atoms with E-state index in [1.54, 1.807) is 0 Å². The van der Waals surface area contributed by atoms with Crippen LogP contribution in [-0.4, -0.2) is 70.2 Å². The minimum atomic E-state index is -2.62. The van der Waals surface area contributed by atoms with Crippen molar-refractivity contribution in [1.82, 2.24) is 16.0 Å². The first-order valence-electron chi connectivity index (χ1n) is 10.9. The van der Waals surface area contributed by atoms with Gasteiger partial charge in [-0.05, 0) is 40.0 Å². The van der Waals surface area contributed by atoms with Crippen molar-refractivity contribution in [3.8, 4) is 0 Å². The zero-order valence-electron chi connectivity index (χ0n) is 18.0. The Balaban J connectivity index is 1.57. The summed E-state index contributed by atoms with van der Waals surface area (Å²) in [7, 11) is -2.62. The van der Waals surface area contributed by atoms with E-state index in [0.717, 1.165) is 31.4 Å². The molecule has 8 nitrogen and oxygen atoms in total. The fourth-order valence-electron chi connectivity index (χ4n) is 3.90. The first-order valence-corrected chi connectivity index (χ1v) is 13.9. The molecule has 0 spiro atoms. The van der Waals surface area contributed by atoms with Crippen LogP contribution in [0.4, 0.5) is 4.79 Å². The topological polar surface area (TPSA) is 97.9 Å². The molecule has 0 radical (unpaired) electrons. The summed E-state index contributed by atoms with van der Waals surface area (Å²) in [6.07, 6.45) is 4.23. The van der Waals surface area contributed by atoms with Crippen LogP contribution in [0.25, 0.3) is 0 Å². The molecule has 2 aliphatic rings. The second-order valence-electron chi connectivity index (χ2n) is 7.30. The number of amides is 3. The van der Waals surface area contributed by atoms with Gasteiger partial charge in [0.1, 0.15) is 0 Å². The number of hydrogen-bond donors (Lipinski definition) is 3. The molecule has 0 aliphatic carbocycles. The summed E-state index contributed by atoms with van der Waals surface area (Å²) in [4.78, 5) is 23.5. The van der Waals surface area contributed by atoms with Crippen LogP contribution in [0, 0.1) is 0 Å². The number of hydrogen-bond acceptors (Lipinski definition) is 6. The van der Waals surface area contributed by atoms with Gasteiger partial charge in [0.05, 0.1) is 12.1 Å². The third-order valence-corrected chi connectivity index (χ3v) is 9.82. The molecule has 0 aromatic carbocycles. The highest BCUT2D eigenvalue weighted by Crippen LogP contribution is 2.33. The Hall–Kier alpha value is -0.813. The Morgan fingerprint density at radius 1 is 1.10 bits per heavy atom. The van der Waals surface area contributed by atoms with Crippen LogP contribution in [0.2, 0.25) is 6.04 Å². The van der Waals surface area contributed by atoms with Crippen LogP contribution in [0.5, 0.6) is 0 Å². The van der Waals surface area contributed by atoms with Gasteiger partial charge < -0.3 is 29.2 Å². The molecule has 2 aliphatic heterocycles. The fourth-order valence-corrected chi connectivity index (χ4v) is 8.05. The summed E-state index contributed by atoms with van der Waals surface area (Å²) < 4.78 is 17.5. The quantitative estimate of drug-likeness (QED) is 0.202. The van der Waals surface area contributed by atoms with E-state index < -0.39 is 8.80 Å². The lowest BCUT2D eigenvalue weighted by Crippen LogP contribution is -2.46. The lowest BCUT2D eigenvalue weighted by Gasteiger charge is -2.28. The van der Waals surface area contributed by atoms with Crippen LogP contribution in [0.1, 0.15) is 52.9 Å². The van der Waals surface area contributed by atoms with E-state index in [1.807, 2.05) is 32.5 Å². The van der Waals surface area contributed by atoms with E-state index in [1.165, 1.54) is 0 Å². The molecule has 2 heterocycles. The highest BCUT2D eigenvalue weighted by atomic mass is 32.2. The van der Waals surface area contributed by atoms with Gasteiger partial charge in [-0.3, -0.25) is 4.79 Å². The van der Waals surface area contributed by atoms with E-state index >= 15 is 0 Å². The standard InChI is InChI=1S/C19H37N3O5SSi/c1-4-25-29(26-5-2,27-6-3)13-9-12-20-17(23)11-8-7-10-16-18-15(14-28-16)21-19(24)22-18/h15-16,18H,4-14H2,1-3H3,(H,20,23)(H2,21,22,24). The van der Waals surface area contributed by atoms with Crippen LogP contribution >= 0.6 is 11.8 Å². The smallest absolute Gasteiger partial charge is 0.374 e. The second-order valence-corrected chi connectivity index (χ2v) is 11.3. The maximum Gasteiger partial charge on any atom is 0.500 e. The molecule has 168 valence electrons. The summed E-state index contributed by atoms with van der Waals surface area (Å²) in [5.41, 5.74) is 0. The molecule has 3 atom stereocenters. The highest BCUT2D eigenvalue weighted by molar-refractivity contribution is 8.00. The summed E-state index contributed by atoms with van der Waals surface area (Å²) in [5.74, 6) is 1.07. The lowest BCUT2D eigenvalue weighted by atomic mass is 10.0. The number of fused-ring (bicyclic) bond motifs is 1. The maximum atomic E-state index is 12.1. The number of thioether (sulfide) groups is 1. The van der Waals surface area contributed by atoms with Crippen molar-refractivity contribution in [2.75, 3.05) is 32.1 Å². The number of rotatable bonds is 15. The van der Waals surface area contributed by atoms with Crippen molar-refractivity contribution in [1.29, 1.82) is 0 Å². The summed E-state index contributed by atoms with van der Waals surface area (Å²) in [6, 6.07) is 1.17. The van der Waals surface area contributed by atoms with Gasteiger partial charge in [-0.15, -0.1) is 0 Å². The fraction of sp³-hybridized carbons (Fsp3) is 0.895. The van der Waals surface area contributed by atoms with Gasteiger partial charge in [-0.2, -0.15) is 11.8 Å². The number of nitrogens with one attached hydrogen (secondary N) is 3. The highest BCUT2D eigenvalue weighted by Gasteiger charge is 2.42. The molecule has 0 bridgehead atoms. The monoisotopic (exact) mass is 447 g/mol. The Kier molecular flexibility index (Phi) is 10.8. The minimum Gasteiger partial charge on any atom is -0.374 e. The van der Waals surface area contributed by atoms with Crippen molar-refractivity contribution < 1.29 is 22.9 Å². The Morgan fingerprint density at radius 3 is 2.45 bits per heavy atom. The number of unbranched alkanes of at least 4 members (excludes halogenated alkanes) is 1. The molecule has 3 unspecified atom stereocenters. The third kappa shape index (κ3) is 7.75. The molecule has 10 heteroatoms. The van der Waals surface area contributed by atoms with E-state index in [0.29, 0.717) is 44.1 Å². The molecule has 2 fully saturated rings. The molecular weight excluding hydrogens is 410 g/mol. The predicted octanol–water partition coefficient (Wildman–Crippen LogP) is 2.27. The number of carbonyl (C=O) groups excluding carboxylic acids is 2. The van der Waals surface area contributed by atoms with Gasteiger partial charge in [0.2, 0.25) is 5.91 Å². The summed E-state index contributed by atoms with van der Waals surface area (Å²) in [6.45, 7) is 8.16. The largest absolute Gasteiger partial charge is 0.500 e. The lowest BCUT2D eigenvalue weighted by molar-refractivity contribution is -0.121. The van der Waals surface area contributed by atoms with Crippen LogP contribution in [0.3, 0.4) is 0 Å². The summed E-state index contributed by atoms with van der Waals surface area (Å²) >= 11 is 1.92. The zero-order chi connectivity index (χ0) is 21.1. The molecule has 0 saturated carbocycles. The van der Waals surface area contributed by atoms with Crippen LogP contribution < -0.4 is 16.0 Å². The Morgan fingerprint density at radius 2 is 1.79 bits per heavy atom. The predicted molar refractivity (Wildman–Crippen MR) is 117 cm³/mol. The van der Waals surface area contributed by atoms with Crippen molar-refractivity contribution in [3.05, 3.63) is 0 Å². The van der Waals surface area contributed by atoms with Gasteiger partial charge in [0, 0.05) is 49.8 Å². The molecule has 3 N–H and O–H groups in total. The molecule has 3 amide bonds. The Labute approximate surface area is 179 Å². The second kappa shape index (κ2) is 12.8. The third-order valence-electron chi connectivity index (χ3n) is 5.16. The summed E-state index contributed by atoms with van der Waals surface area (Å²) in [5, 5.41) is 9.42. The van der Waals surface area contributed by atoms with Crippen molar-refractivity contribution in [3.63, 3.8) is 0 Å². The molecule has 0 aromatic rings. The van der Waals surface area contributed by atoms with E-state index in [-0.39, 0.29) is 24.0 Å². The van der Waals surface area contributed by atoms with Crippen LogP contribution in [-0.2, 0) is 18.1 Å². The van der Waals surface area contributed by atoms with Crippen LogP contribution in [0.15, 0.2) is 0 Å². The molecule has 2 saturated heterocycles. The zero-order valence-corrected chi connectivity index (χ0v) is 19.8. The first kappa shape index (κ1) is 24.5. The average Bonchev–Trinajstić information content (AvgIpc) is 3.22. The van der Waals surface area contributed by atoms with Gasteiger partial charge in [0.25, 0.3) is 0 Å². The van der Waals surface area contributed by atoms with Gasteiger partial charge in [-0.1, -0.05) is 6.42 Å². The van der Waals surface area contributed by atoms with E-state index in [4.69, 9.17) is 13.3 Å². The van der Waals surface area contributed by atoms with Gasteiger partial charge >= 0.3 is 14.8 Å². The van der Waals surface area contributed by atoms with Crippen molar-refractivity contribution in [2.45, 2.75) is 76.3 Å².